The highest BCUT2D eigenvalue weighted by molar-refractivity contribution is 7.99. The molecule has 0 spiro atoms. The van der Waals surface area contributed by atoms with Crippen molar-refractivity contribution in [2.75, 3.05) is 19.5 Å². The zero-order valence-electron chi connectivity index (χ0n) is 20.7. The molecule has 8 nitrogen and oxygen atoms in total. The van der Waals surface area contributed by atoms with E-state index in [1.807, 2.05) is 30.3 Å². The van der Waals surface area contributed by atoms with Gasteiger partial charge in [-0.05, 0) is 42.5 Å². The van der Waals surface area contributed by atoms with Crippen molar-refractivity contribution >= 4 is 34.5 Å². The molecule has 1 amide bonds. The minimum Gasteiger partial charge on any atom is -0.465 e. The Kier molecular flexibility index (Phi) is 8.43. The van der Waals surface area contributed by atoms with E-state index in [0.29, 0.717) is 34.8 Å². The topological polar surface area (TPSA) is 99.5 Å². The van der Waals surface area contributed by atoms with Crippen LogP contribution in [-0.4, -0.2) is 47.0 Å². The van der Waals surface area contributed by atoms with Gasteiger partial charge in [0.2, 0.25) is 5.91 Å². The second kappa shape index (κ2) is 11.7. The van der Waals surface area contributed by atoms with Crippen LogP contribution in [0, 0.1) is 5.92 Å². The maximum absolute atomic E-state index is 13.4. The van der Waals surface area contributed by atoms with E-state index in [4.69, 9.17) is 9.47 Å². The van der Waals surface area contributed by atoms with E-state index in [1.165, 1.54) is 18.9 Å². The summed E-state index contributed by atoms with van der Waals surface area (Å²) in [5.41, 5.74) is 1.52. The number of amides is 1. The molecular formula is C27H31N3O5S. The molecule has 0 bridgehead atoms. The van der Waals surface area contributed by atoms with Gasteiger partial charge < -0.3 is 14.8 Å². The third kappa shape index (κ3) is 5.96. The van der Waals surface area contributed by atoms with E-state index in [-0.39, 0.29) is 35.3 Å². The highest BCUT2D eigenvalue weighted by Gasteiger charge is 2.23. The van der Waals surface area contributed by atoms with Crippen LogP contribution in [0.2, 0.25) is 0 Å². The van der Waals surface area contributed by atoms with Gasteiger partial charge in [-0.15, -0.1) is 0 Å². The molecule has 3 aromatic rings. The Morgan fingerprint density at radius 3 is 2.67 bits per heavy atom. The first-order chi connectivity index (χ1) is 17.4. The summed E-state index contributed by atoms with van der Waals surface area (Å²) in [6, 6.07) is 14.4. The fourth-order valence-corrected chi connectivity index (χ4v) is 5.17. The molecule has 2 unspecified atom stereocenters. The van der Waals surface area contributed by atoms with Gasteiger partial charge in [-0.1, -0.05) is 55.9 Å². The van der Waals surface area contributed by atoms with Gasteiger partial charge >= 0.3 is 5.97 Å². The standard InChI is InChI=1S/C27H31N3O5S/c1-17(2)24(18-8-5-4-6-9-18)29-23(31)16-36-27-28-22-14-19(26(33)34-3)11-12-21(22)25(32)30(27)15-20-10-7-13-35-20/h4-6,8-9,11-12,14,17,20,24H,7,10,13,15-16H2,1-3H3,(H,29,31). The molecule has 1 N–H and O–H groups in total. The van der Waals surface area contributed by atoms with Crippen LogP contribution in [0.1, 0.15) is 48.7 Å². The number of nitrogens with zero attached hydrogens (tertiary/aromatic N) is 2. The zero-order valence-corrected chi connectivity index (χ0v) is 21.5. The number of benzene rings is 2. The number of fused-ring (bicyclic) bond motifs is 1. The molecule has 2 atom stereocenters. The van der Waals surface area contributed by atoms with E-state index in [9.17, 15) is 14.4 Å². The van der Waals surface area contributed by atoms with Crippen molar-refractivity contribution in [2.45, 2.75) is 50.5 Å². The normalized spacial score (nSPS) is 16.3. The molecular weight excluding hydrogens is 478 g/mol. The molecule has 9 heteroatoms. The van der Waals surface area contributed by atoms with Gasteiger partial charge in [0, 0.05) is 6.61 Å². The van der Waals surface area contributed by atoms with E-state index in [1.54, 1.807) is 22.8 Å². The average Bonchev–Trinajstić information content (AvgIpc) is 3.40. The fraction of sp³-hybridized carbons (Fsp3) is 0.407. The van der Waals surface area contributed by atoms with E-state index in [2.05, 4.69) is 24.1 Å². The fourth-order valence-electron chi connectivity index (χ4n) is 4.35. The van der Waals surface area contributed by atoms with Crippen LogP contribution >= 0.6 is 11.8 Å². The lowest BCUT2D eigenvalue weighted by molar-refractivity contribution is -0.119. The summed E-state index contributed by atoms with van der Waals surface area (Å²) in [7, 11) is 1.30. The SMILES string of the molecule is COC(=O)c1ccc2c(=O)n(CC3CCCO3)c(SCC(=O)NC(c3ccccc3)C(C)C)nc2c1. The number of nitrogens with one attached hydrogen (secondary N) is 1. The van der Waals surface area contributed by atoms with Gasteiger partial charge in [0.1, 0.15) is 0 Å². The summed E-state index contributed by atoms with van der Waals surface area (Å²) in [5.74, 6) is -0.356. The number of carbonyl (C=O) groups excluding carboxylic acids is 2. The lowest BCUT2D eigenvalue weighted by Crippen LogP contribution is -2.33. The van der Waals surface area contributed by atoms with Crippen LogP contribution in [0.3, 0.4) is 0 Å². The summed E-state index contributed by atoms with van der Waals surface area (Å²) >= 11 is 1.20. The minimum absolute atomic E-state index is 0.0760. The molecule has 0 aliphatic carbocycles. The summed E-state index contributed by atoms with van der Waals surface area (Å²) < 4.78 is 12.2. The monoisotopic (exact) mass is 509 g/mol. The smallest absolute Gasteiger partial charge is 0.337 e. The molecule has 1 aliphatic rings. The van der Waals surface area contributed by atoms with Crippen LogP contribution in [0.4, 0.5) is 0 Å². The molecule has 1 fully saturated rings. The first kappa shape index (κ1) is 25.9. The summed E-state index contributed by atoms with van der Waals surface area (Å²) in [6.07, 6.45) is 1.74. The van der Waals surface area contributed by atoms with Crippen LogP contribution in [0.15, 0.2) is 58.5 Å². The average molecular weight is 510 g/mol. The van der Waals surface area contributed by atoms with Gasteiger partial charge in [0.05, 0.1) is 48.0 Å². The third-order valence-corrected chi connectivity index (χ3v) is 7.20. The van der Waals surface area contributed by atoms with Gasteiger partial charge in [-0.2, -0.15) is 0 Å². The van der Waals surface area contributed by atoms with Gasteiger partial charge in [0.25, 0.3) is 5.56 Å². The van der Waals surface area contributed by atoms with Crippen molar-refractivity contribution in [1.29, 1.82) is 0 Å². The first-order valence-corrected chi connectivity index (χ1v) is 13.1. The molecule has 0 saturated carbocycles. The molecule has 1 aromatic heterocycles. The Morgan fingerprint density at radius 2 is 2.00 bits per heavy atom. The number of esters is 1. The Morgan fingerprint density at radius 1 is 1.22 bits per heavy atom. The summed E-state index contributed by atoms with van der Waals surface area (Å²) in [4.78, 5) is 43.1. The van der Waals surface area contributed by atoms with E-state index < -0.39 is 5.97 Å². The number of methoxy groups -OCH3 is 1. The van der Waals surface area contributed by atoms with Crippen molar-refractivity contribution in [3.8, 4) is 0 Å². The largest absolute Gasteiger partial charge is 0.465 e. The third-order valence-electron chi connectivity index (χ3n) is 6.23. The maximum atomic E-state index is 13.4. The number of hydrogen-bond acceptors (Lipinski definition) is 7. The van der Waals surface area contributed by atoms with Gasteiger partial charge in [-0.3, -0.25) is 14.2 Å². The Hall–Kier alpha value is -3.17. The van der Waals surface area contributed by atoms with Crippen LogP contribution < -0.4 is 10.9 Å². The Balaban J connectivity index is 1.60. The second-order valence-corrected chi connectivity index (χ2v) is 10.1. The molecule has 190 valence electrons. The number of aromatic nitrogens is 2. The number of hydrogen-bond donors (Lipinski definition) is 1. The number of rotatable bonds is 9. The lowest BCUT2D eigenvalue weighted by Gasteiger charge is -2.23. The molecule has 1 saturated heterocycles. The Bertz CT molecular complexity index is 1290. The molecule has 0 radical (unpaired) electrons. The van der Waals surface area contributed by atoms with Crippen LogP contribution in [0.25, 0.3) is 10.9 Å². The molecule has 36 heavy (non-hydrogen) atoms. The summed E-state index contributed by atoms with van der Waals surface area (Å²) in [5, 5.41) is 3.94. The van der Waals surface area contributed by atoms with Crippen molar-refractivity contribution < 1.29 is 19.1 Å². The van der Waals surface area contributed by atoms with Crippen molar-refractivity contribution in [3.05, 3.63) is 70.0 Å². The van der Waals surface area contributed by atoms with Crippen molar-refractivity contribution in [3.63, 3.8) is 0 Å². The first-order valence-electron chi connectivity index (χ1n) is 12.1. The highest BCUT2D eigenvalue weighted by atomic mass is 32.2. The van der Waals surface area contributed by atoms with Gasteiger partial charge in [0.15, 0.2) is 5.16 Å². The summed E-state index contributed by atoms with van der Waals surface area (Å²) in [6.45, 7) is 5.16. The number of carbonyl (C=O) groups is 2. The van der Waals surface area contributed by atoms with Crippen LogP contribution in [-0.2, 0) is 20.8 Å². The van der Waals surface area contributed by atoms with Crippen LogP contribution in [0.5, 0.6) is 0 Å². The molecule has 2 aromatic carbocycles. The van der Waals surface area contributed by atoms with Gasteiger partial charge in [-0.25, -0.2) is 9.78 Å². The predicted octanol–water partition coefficient (Wildman–Crippen LogP) is 3.97. The highest BCUT2D eigenvalue weighted by Crippen LogP contribution is 2.24. The molecule has 4 rings (SSSR count). The minimum atomic E-state index is -0.503. The van der Waals surface area contributed by atoms with E-state index >= 15 is 0 Å². The van der Waals surface area contributed by atoms with E-state index in [0.717, 1.165) is 18.4 Å². The maximum Gasteiger partial charge on any atom is 0.337 e. The molecule has 1 aliphatic heterocycles. The molecule has 2 heterocycles. The van der Waals surface area contributed by atoms with Crippen molar-refractivity contribution in [1.82, 2.24) is 14.9 Å². The van der Waals surface area contributed by atoms with Crippen molar-refractivity contribution in [2.24, 2.45) is 5.92 Å². The lowest BCUT2D eigenvalue weighted by atomic mass is 9.96. The second-order valence-electron chi connectivity index (χ2n) is 9.16. The predicted molar refractivity (Wildman–Crippen MR) is 139 cm³/mol. The number of ether oxygens (including phenoxy) is 2. The Labute approximate surface area is 214 Å². The number of thioether (sulfide) groups is 1. The zero-order chi connectivity index (χ0) is 25.7. The quantitative estimate of drug-likeness (QED) is 0.265.